The molecule has 18 heavy (non-hydrogen) atoms. The lowest BCUT2D eigenvalue weighted by molar-refractivity contribution is 0.0697. The number of aromatic carboxylic acids is 1. The van der Waals surface area contributed by atoms with Gasteiger partial charge >= 0.3 is 5.97 Å². The number of carboxylic acids is 1. The zero-order valence-electron chi connectivity index (χ0n) is 9.15. The van der Waals surface area contributed by atoms with Gasteiger partial charge < -0.3 is 5.11 Å². The number of fused-ring (bicyclic) bond motifs is 1. The van der Waals surface area contributed by atoms with Crippen LogP contribution in [-0.2, 0) is 9.84 Å². The van der Waals surface area contributed by atoms with Gasteiger partial charge in [0.05, 0.1) is 28.6 Å². The number of benzene rings is 1. The molecule has 1 aromatic heterocycles. The number of hydrogen-bond acceptors (Lipinski definition) is 5. The second kappa shape index (κ2) is 3.52. The first-order valence-corrected chi connectivity index (χ1v) is 7.07. The van der Waals surface area contributed by atoms with Gasteiger partial charge in [-0.1, -0.05) is 5.21 Å². The summed E-state index contributed by atoms with van der Waals surface area (Å²) in [5.41, 5.74) is 1.24. The Morgan fingerprint density at radius 3 is 2.72 bits per heavy atom. The van der Waals surface area contributed by atoms with Gasteiger partial charge in [0.1, 0.15) is 5.52 Å². The lowest BCUT2D eigenvalue weighted by Gasteiger charge is -2.25. The molecule has 0 aliphatic carbocycles. The van der Waals surface area contributed by atoms with Crippen LogP contribution in [0.3, 0.4) is 0 Å². The summed E-state index contributed by atoms with van der Waals surface area (Å²) in [6.45, 7) is 0. The maximum Gasteiger partial charge on any atom is 0.335 e. The fraction of sp³-hybridized carbons (Fsp3) is 0.300. The molecule has 0 radical (unpaired) electrons. The van der Waals surface area contributed by atoms with Crippen LogP contribution in [0, 0.1) is 0 Å². The molecule has 1 aromatic carbocycles. The van der Waals surface area contributed by atoms with Gasteiger partial charge in [-0.2, -0.15) is 0 Å². The van der Waals surface area contributed by atoms with E-state index in [1.54, 1.807) is 6.07 Å². The molecule has 8 heteroatoms. The summed E-state index contributed by atoms with van der Waals surface area (Å²) in [6.07, 6.45) is 0. The summed E-state index contributed by atoms with van der Waals surface area (Å²) in [6, 6.07) is 4.23. The first-order chi connectivity index (χ1) is 8.46. The van der Waals surface area contributed by atoms with E-state index in [1.807, 2.05) is 0 Å². The van der Waals surface area contributed by atoms with Crippen molar-refractivity contribution in [3.8, 4) is 0 Å². The maximum atomic E-state index is 11.1. The minimum Gasteiger partial charge on any atom is -0.478 e. The average Bonchev–Trinajstić information content (AvgIpc) is 2.67. The third-order valence-corrected chi connectivity index (χ3v) is 4.74. The Balaban J connectivity index is 2.08. The highest BCUT2D eigenvalue weighted by atomic mass is 32.2. The molecule has 2 aromatic rings. The standard InChI is InChI=1S/C10H9N3O4S/c14-10(15)6-1-2-8-9(3-6)13(12-11-8)7-4-18(16,17)5-7/h1-3,7H,4-5H2,(H,14,15). The molecule has 1 saturated heterocycles. The van der Waals surface area contributed by atoms with Crippen molar-refractivity contribution in [3.63, 3.8) is 0 Å². The Bertz CT molecular complexity index is 738. The summed E-state index contributed by atoms with van der Waals surface area (Å²) >= 11 is 0. The molecular weight excluding hydrogens is 258 g/mol. The van der Waals surface area contributed by atoms with E-state index in [0.29, 0.717) is 11.0 Å². The van der Waals surface area contributed by atoms with E-state index >= 15 is 0 Å². The van der Waals surface area contributed by atoms with Crippen LogP contribution in [0.5, 0.6) is 0 Å². The van der Waals surface area contributed by atoms with E-state index in [1.165, 1.54) is 16.8 Å². The van der Waals surface area contributed by atoms with Gasteiger partial charge in [-0.05, 0) is 18.2 Å². The number of aromatic nitrogens is 3. The third kappa shape index (κ3) is 1.65. The van der Waals surface area contributed by atoms with Crippen molar-refractivity contribution in [2.75, 3.05) is 11.5 Å². The molecule has 0 amide bonds. The monoisotopic (exact) mass is 267 g/mol. The van der Waals surface area contributed by atoms with Gasteiger partial charge in [-0.25, -0.2) is 17.9 Å². The van der Waals surface area contributed by atoms with Crippen LogP contribution < -0.4 is 0 Å². The van der Waals surface area contributed by atoms with Gasteiger partial charge in [0.15, 0.2) is 9.84 Å². The van der Waals surface area contributed by atoms with Crippen LogP contribution in [0.15, 0.2) is 18.2 Å². The van der Waals surface area contributed by atoms with Crippen molar-refractivity contribution in [1.82, 2.24) is 15.0 Å². The number of sulfone groups is 1. The molecule has 1 N–H and O–H groups in total. The fourth-order valence-corrected chi connectivity index (χ4v) is 3.37. The summed E-state index contributed by atoms with van der Waals surface area (Å²) in [5.74, 6) is -0.975. The molecule has 1 fully saturated rings. The first kappa shape index (κ1) is 11.1. The molecule has 0 unspecified atom stereocenters. The minimum atomic E-state index is -2.96. The van der Waals surface area contributed by atoms with Crippen molar-refractivity contribution in [2.45, 2.75) is 6.04 Å². The molecule has 94 valence electrons. The molecule has 3 rings (SSSR count). The molecular formula is C10H9N3O4S. The highest BCUT2D eigenvalue weighted by Crippen LogP contribution is 2.26. The van der Waals surface area contributed by atoms with E-state index in [-0.39, 0.29) is 23.1 Å². The lowest BCUT2D eigenvalue weighted by atomic mass is 10.2. The van der Waals surface area contributed by atoms with Crippen molar-refractivity contribution in [1.29, 1.82) is 0 Å². The van der Waals surface area contributed by atoms with Gasteiger partial charge in [0, 0.05) is 0 Å². The van der Waals surface area contributed by atoms with E-state index in [0.717, 1.165) is 0 Å². The largest absolute Gasteiger partial charge is 0.478 e. The Morgan fingerprint density at radius 2 is 2.11 bits per heavy atom. The van der Waals surface area contributed by atoms with Gasteiger partial charge in [-0.15, -0.1) is 5.10 Å². The van der Waals surface area contributed by atoms with E-state index in [9.17, 15) is 13.2 Å². The van der Waals surface area contributed by atoms with Crippen molar-refractivity contribution in [2.24, 2.45) is 0 Å². The second-order valence-corrected chi connectivity index (χ2v) is 6.43. The highest BCUT2D eigenvalue weighted by Gasteiger charge is 2.36. The molecule has 2 heterocycles. The third-order valence-electron chi connectivity index (χ3n) is 2.96. The summed E-state index contributed by atoms with van der Waals surface area (Å²) in [5, 5.41) is 16.7. The van der Waals surface area contributed by atoms with Crippen LogP contribution in [0.25, 0.3) is 11.0 Å². The Labute approximate surface area is 102 Å². The Kier molecular flexibility index (Phi) is 2.18. The molecule has 0 bridgehead atoms. The highest BCUT2D eigenvalue weighted by molar-refractivity contribution is 7.92. The summed E-state index contributed by atoms with van der Waals surface area (Å²) in [4.78, 5) is 10.9. The fourth-order valence-electron chi connectivity index (χ4n) is 2.02. The number of nitrogens with zero attached hydrogens (tertiary/aromatic N) is 3. The number of rotatable bonds is 2. The quantitative estimate of drug-likeness (QED) is 0.827. The Hall–Kier alpha value is -1.96. The van der Waals surface area contributed by atoms with Gasteiger partial charge in [-0.3, -0.25) is 0 Å². The van der Waals surface area contributed by atoms with Crippen LogP contribution in [0.4, 0.5) is 0 Å². The molecule has 0 atom stereocenters. The lowest BCUT2D eigenvalue weighted by Crippen LogP contribution is -2.38. The number of hydrogen-bond donors (Lipinski definition) is 1. The molecule has 1 aliphatic rings. The Morgan fingerprint density at radius 1 is 1.39 bits per heavy atom. The zero-order valence-corrected chi connectivity index (χ0v) is 9.96. The van der Waals surface area contributed by atoms with Crippen LogP contribution in [0.1, 0.15) is 16.4 Å². The number of carboxylic acid groups (broad SMARTS) is 1. The normalized spacial score (nSPS) is 18.7. The van der Waals surface area contributed by atoms with E-state index in [4.69, 9.17) is 5.11 Å². The second-order valence-electron chi connectivity index (χ2n) is 4.27. The minimum absolute atomic E-state index is 0.0305. The molecule has 0 saturated carbocycles. The predicted octanol–water partition coefficient (Wildman–Crippen LogP) is 0.0990. The maximum absolute atomic E-state index is 11.1. The number of carbonyl (C=O) groups is 1. The topological polar surface area (TPSA) is 102 Å². The summed E-state index contributed by atoms with van der Waals surface area (Å²) < 4.78 is 23.8. The first-order valence-electron chi connectivity index (χ1n) is 5.25. The predicted molar refractivity (Wildman–Crippen MR) is 62.2 cm³/mol. The average molecular weight is 267 g/mol. The SMILES string of the molecule is O=C(O)c1ccc2nnn(C3CS(=O)(=O)C3)c2c1. The molecule has 7 nitrogen and oxygen atoms in total. The van der Waals surface area contributed by atoms with E-state index in [2.05, 4.69) is 10.3 Å². The van der Waals surface area contributed by atoms with Gasteiger partial charge in [0.2, 0.25) is 0 Å². The van der Waals surface area contributed by atoms with Crippen molar-refractivity contribution >= 4 is 26.8 Å². The van der Waals surface area contributed by atoms with Crippen LogP contribution >= 0.6 is 0 Å². The van der Waals surface area contributed by atoms with Gasteiger partial charge in [0.25, 0.3) is 0 Å². The zero-order chi connectivity index (χ0) is 12.9. The van der Waals surface area contributed by atoms with Crippen LogP contribution in [-0.4, -0.2) is 46.0 Å². The van der Waals surface area contributed by atoms with Crippen molar-refractivity contribution < 1.29 is 18.3 Å². The van der Waals surface area contributed by atoms with Crippen LogP contribution in [0.2, 0.25) is 0 Å². The molecule has 0 spiro atoms. The molecule has 1 aliphatic heterocycles. The summed E-state index contributed by atoms with van der Waals surface area (Å²) in [7, 11) is -2.96. The van der Waals surface area contributed by atoms with E-state index < -0.39 is 15.8 Å². The van der Waals surface area contributed by atoms with Crippen molar-refractivity contribution in [3.05, 3.63) is 23.8 Å². The smallest absolute Gasteiger partial charge is 0.335 e.